The lowest BCUT2D eigenvalue weighted by molar-refractivity contribution is 0.121. The Bertz CT molecular complexity index is 388. The molecule has 0 aromatic heterocycles. The minimum Gasteiger partial charge on any atom is -0.493 e. The van der Waals surface area contributed by atoms with Crippen molar-refractivity contribution >= 4 is 0 Å². The second kappa shape index (κ2) is 6.92. The van der Waals surface area contributed by atoms with E-state index in [9.17, 15) is 5.11 Å². The zero-order chi connectivity index (χ0) is 13.7. The molecule has 1 aromatic carbocycles. The zero-order valence-electron chi connectivity index (χ0n) is 11.7. The predicted octanol–water partition coefficient (Wildman–Crippen LogP) is 2.88. The molecule has 0 heterocycles. The molecule has 3 heteroatoms. The molecule has 1 saturated carbocycles. The Kier molecular flexibility index (Phi) is 5.23. The summed E-state index contributed by atoms with van der Waals surface area (Å²) < 4.78 is 5.85. The number of benzene rings is 1. The molecule has 0 aliphatic heterocycles. The van der Waals surface area contributed by atoms with Gasteiger partial charge in [-0.3, -0.25) is 0 Å². The van der Waals surface area contributed by atoms with Crippen molar-refractivity contribution in [2.24, 2.45) is 17.6 Å². The highest BCUT2D eigenvalue weighted by atomic mass is 16.5. The van der Waals surface area contributed by atoms with Crippen LogP contribution in [0.1, 0.15) is 44.3 Å². The highest BCUT2D eigenvalue weighted by Gasteiger charge is 2.17. The number of aliphatic hydroxyl groups excluding tert-OH is 1. The first kappa shape index (κ1) is 14.4. The molecule has 2 atom stereocenters. The molecule has 0 bridgehead atoms. The van der Waals surface area contributed by atoms with Crippen LogP contribution in [0.3, 0.4) is 0 Å². The van der Waals surface area contributed by atoms with Gasteiger partial charge in [0.05, 0.1) is 12.7 Å². The molecule has 106 valence electrons. The van der Waals surface area contributed by atoms with Gasteiger partial charge in [0.2, 0.25) is 0 Å². The monoisotopic (exact) mass is 263 g/mol. The number of ether oxygens (including phenoxy) is 1. The molecule has 0 spiro atoms. The number of hydrogen-bond donors (Lipinski definition) is 2. The lowest BCUT2D eigenvalue weighted by Gasteiger charge is -2.18. The zero-order valence-corrected chi connectivity index (χ0v) is 11.7. The fourth-order valence-electron chi connectivity index (χ4n) is 2.64. The molecule has 3 nitrogen and oxygen atoms in total. The van der Waals surface area contributed by atoms with Crippen LogP contribution >= 0.6 is 0 Å². The molecule has 1 aliphatic carbocycles. The van der Waals surface area contributed by atoms with Crippen LogP contribution < -0.4 is 10.5 Å². The number of hydrogen-bond acceptors (Lipinski definition) is 3. The average Bonchev–Trinajstić information content (AvgIpc) is 2.97. The van der Waals surface area contributed by atoms with E-state index in [1.807, 2.05) is 31.2 Å². The molecule has 0 saturated heterocycles. The second-order valence-corrected chi connectivity index (χ2v) is 5.69. The van der Waals surface area contributed by atoms with Gasteiger partial charge in [0.15, 0.2) is 0 Å². The number of rotatable bonds is 6. The lowest BCUT2D eigenvalue weighted by Crippen LogP contribution is -2.18. The van der Waals surface area contributed by atoms with E-state index in [-0.39, 0.29) is 5.92 Å². The van der Waals surface area contributed by atoms with Crippen LogP contribution in [0.5, 0.6) is 5.75 Å². The summed E-state index contributed by atoms with van der Waals surface area (Å²) in [5.74, 6) is 1.62. The first-order valence-corrected chi connectivity index (χ1v) is 7.31. The summed E-state index contributed by atoms with van der Waals surface area (Å²) in [6.45, 7) is 3.23. The molecule has 2 unspecified atom stereocenters. The van der Waals surface area contributed by atoms with Crippen molar-refractivity contribution in [1.82, 2.24) is 0 Å². The fraction of sp³-hybridized carbons (Fsp3) is 0.625. The van der Waals surface area contributed by atoms with Gasteiger partial charge in [0, 0.05) is 0 Å². The summed E-state index contributed by atoms with van der Waals surface area (Å²) in [6, 6.07) is 7.76. The quantitative estimate of drug-likeness (QED) is 0.829. The van der Waals surface area contributed by atoms with Crippen LogP contribution in [0.2, 0.25) is 0 Å². The SMILES string of the molecule is CC(CN)C(O)c1cccc(OCC2CCCC2)c1. The van der Waals surface area contributed by atoms with E-state index in [0.717, 1.165) is 17.9 Å². The Hall–Kier alpha value is -1.06. The van der Waals surface area contributed by atoms with E-state index in [4.69, 9.17) is 10.5 Å². The summed E-state index contributed by atoms with van der Waals surface area (Å²) in [6.07, 6.45) is 4.72. The maximum Gasteiger partial charge on any atom is 0.119 e. The Balaban J connectivity index is 1.94. The number of nitrogens with two attached hydrogens (primary N) is 1. The van der Waals surface area contributed by atoms with E-state index in [2.05, 4.69) is 0 Å². The van der Waals surface area contributed by atoms with Crippen molar-refractivity contribution in [1.29, 1.82) is 0 Å². The van der Waals surface area contributed by atoms with Gasteiger partial charge in [-0.25, -0.2) is 0 Å². The summed E-state index contributed by atoms with van der Waals surface area (Å²) in [5.41, 5.74) is 6.49. The molecule has 0 amide bonds. The van der Waals surface area contributed by atoms with Gasteiger partial charge in [0.1, 0.15) is 5.75 Å². The Labute approximate surface area is 115 Å². The van der Waals surface area contributed by atoms with Gasteiger partial charge in [0.25, 0.3) is 0 Å². The van der Waals surface area contributed by atoms with Gasteiger partial charge in [-0.05, 0) is 48.9 Å². The second-order valence-electron chi connectivity index (χ2n) is 5.69. The largest absolute Gasteiger partial charge is 0.493 e. The fourth-order valence-corrected chi connectivity index (χ4v) is 2.64. The lowest BCUT2D eigenvalue weighted by atomic mass is 9.97. The molecule has 0 radical (unpaired) electrons. The van der Waals surface area contributed by atoms with Crippen molar-refractivity contribution < 1.29 is 9.84 Å². The average molecular weight is 263 g/mol. The molecule has 1 aliphatic rings. The minimum atomic E-state index is -0.514. The molecule has 2 rings (SSSR count). The van der Waals surface area contributed by atoms with Crippen LogP contribution in [0, 0.1) is 11.8 Å². The third-order valence-corrected chi connectivity index (χ3v) is 4.07. The smallest absolute Gasteiger partial charge is 0.119 e. The Morgan fingerprint density at radius 1 is 1.37 bits per heavy atom. The van der Waals surface area contributed by atoms with Crippen molar-refractivity contribution in [2.75, 3.05) is 13.2 Å². The summed E-state index contributed by atoms with van der Waals surface area (Å²) in [7, 11) is 0. The highest BCUT2D eigenvalue weighted by Crippen LogP contribution is 2.27. The van der Waals surface area contributed by atoms with Gasteiger partial charge < -0.3 is 15.6 Å². The van der Waals surface area contributed by atoms with Crippen molar-refractivity contribution in [3.8, 4) is 5.75 Å². The molecule has 1 fully saturated rings. The topological polar surface area (TPSA) is 55.5 Å². The van der Waals surface area contributed by atoms with Crippen molar-refractivity contribution in [3.63, 3.8) is 0 Å². The van der Waals surface area contributed by atoms with E-state index < -0.39 is 6.10 Å². The first-order chi connectivity index (χ1) is 9.20. The molecule has 3 N–H and O–H groups in total. The van der Waals surface area contributed by atoms with E-state index >= 15 is 0 Å². The van der Waals surface area contributed by atoms with E-state index in [1.165, 1.54) is 25.7 Å². The first-order valence-electron chi connectivity index (χ1n) is 7.31. The minimum absolute atomic E-state index is 0.0603. The highest BCUT2D eigenvalue weighted by molar-refractivity contribution is 5.30. The molecule has 19 heavy (non-hydrogen) atoms. The third-order valence-electron chi connectivity index (χ3n) is 4.07. The van der Waals surface area contributed by atoms with Gasteiger partial charge in [-0.1, -0.05) is 31.9 Å². The maximum atomic E-state index is 10.2. The van der Waals surface area contributed by atoms with Crippen molar-refractivity contribution in [2.45, 2.75) is 38.7 Å². The van der Waals surface area contributed by atoms with Crippen LogP contribution in [-0.2, 0) is 0 Å². The Morgan fingerprint density at radius 2 is 2.11 bits per heavy atom. The molecule has 1 aromatic rings. The van der Waals surface area contributed by atoms with Gasteiger partial charge in [-0.2, -0.15) is 0 Å². The molecular formula is C16H25NO2. The standard InChI is InChI=1S/C16H25NO2/c1-12(10-17)16(18)14-7-4-8-15(9-14)19-11-13-5-2-3-6-13/h4,7-9,12-13,16,18H,2-3,5-6,10-11,17H2,1H3. The number of aliphatic hydroxyl groups is 1. The summed E-state index contributed by atoms with van der Waals surface area (Å²) >= 11 is 0. The van der Waals surface area contributed by atoms with Crippen LogP contribution in [0.25, 0.3) is 0 Å². The van der Waals surface area contributed by atoms with Crippen molar-refractivity contribution in [3.05, 3.63) is 29.8 Å². The molecular weight excluding hydrogens is 238 g/mol. The summed E-state index contributed by atoms with van der Waals surface area (Å²) in [4.78, 5) is 0. The van der Waals surface area contributed by atoms with E-state index in [0.29, 0.717) is 12.5 Å². The maximum absolute atomic E-state index is 10.2. The van der Waals surface area contributed by atoms with E-state index in [1.54, 1.807) is 0 Å². The van der Waals surface area contributed by atoms with Crippen LogP contribution in [0.15, 0.2) is 24.3 Å². The predicted molar refractivity (Wildman–Crippen MR) is 77.1 cm³/mol. The summed E-state index contributed by atoms with van der Waals surface area (Å²) in [5, 5.41) is 10.2. The van der Waals surface area contributed by atoms with Crippen LogP contribution in [0.4, 0.5) is 0 Å². The van der Waals surface area contributed by atoms with Gasteiger partial charge >= 0.3 is 0 Å². The third kappa shape index (κ3) is 3.95. The Morgan fingerprint density at radius 3 is 2.79 bits per heavy atom. The van der Waals surface area contributed by atoms with Gasteiger partial charge in [-0.15, -0.1) is 0 Å². The normalized spacial score (nSPS) is 19.3. The van der Waals surface area contributed by atoms with Crippen LogP contribution in [-0.4, -0.2) is 18.3 Å².